The van der Waals surface area contributed by atoms with Gasteiger partial charge < -0.3 is 11.1 Å². The van der Waals surface area contributed by atoms with Crippen LogP contribution in [0.5, 0.6) is 0 Å². The van der Waals surface area contributed by atoms with Crippen molar-refractivity contribution in [2.45, 2.75) is 45.7 Å². The molecule has 4 heteroatoms. The fourth-order valence-electron chi connectivity index (χ4n) is 0.512. The molecule has 0 bridgehead atoms. The number of nitrogens with one attached hydrogen (secondary N) is 1. The van der Waals surface area contributed by atoms with E-state index in [1.165, 1.54) is 0 Å². The summed E-state index contributed by atoms with van der Waals surface area (Å²) >= 11 is 0. The average Bonchev–Trinajstić information content (AvgIpc) is 1.85. The summed E-state index contributed by atoms with van der Waals surface area (Å²) in [4.78, 5) is 11.2. The summed E-state index contributed by atoms with van der Waals surface area (Å²) < 4.78 is 0. The largest absolute Gasteiger partial charge is 0.352 e. The molecule has 0 heterocycles. The van der Waals surface area contributed by atoms with E-state index in [2.05, 4.69) is 5.32 Å². The van der Waals surface area contributed by atoms with Crippen molar-refractivity contribution >= 4 is 18.3 Å². The molecule has 0 aromatic carbocycles. The lowest BCUT2D eigenvalue weighted by Crippen LogP contribution is -2.51. The molecule has 1 amide bonds. The van der Waals surface area contributed by atoms with E-state index in [0.29, 0.717) is 0 Å². The third kappa shape index (κ3) is 5.38. The van der Waals surface area contributed by atoms with Crippen LogP contribution in [0.3, 0.4) is 0 Å². The summed E-state index contributed by atoms with van der Waals surface area (Å²) in [5, 5.41) is 2.81. The van der Waals surface area contributed by atoms with Gasteiger partial charge >= 0.3 is 0 Å². The first kappa shape index (κ1) is 14.3. The summed E-state index contributed by atoms with van der Waals surface area (Å²) in [6.45, 7) is 7.38. The lowest BCUT2D eigenvalue weighted by Gasteiger charge is -2.20. The third-order valence-corrected chi connectivity index (χ3v) is 1.58. The fourth-order valence-corrected chi connectivity index (χ4v) is 0.512. The maximum absolute atomic E-state index is 11.2. The lowest BCUT2D eigenvalue weighted by atomic mass is 10.1. The van der Waals surface area contributed by atoms with Crippen molar-refractivity contribution in [2.75, 3.05) is 0 Å². The van der Waals surface area contributed by atoms with E-state index in [1.54, 1.807) is 13.8 Å². The van der Waals surface area contributed by atoms with Gasteiger partial charge in [-0.2, -0.15) is 0 Å². The number of carbonyl (C=O) groups excluding carboxylic acids is 1. The molecule has 0 saturated carbocycles. The summed E-state index contributed by atoms with van der Waals surface area (Å²) in [7, 11) is 0. The van der Waals surface area contributed by atoms with Crippen LogP contribution < -0.4 is 11.1 Å². The van der Waals surface area contributed by atoms with Gasteiger partial charge in [0.2, 0.25) is 5.91 Å². The quantitative estimate of drug-likeness (QED) is 0.706. The summed E-state index contributed by atoms with van der Waals surface area (Å²) in [5.41, 5.74) is 4.81. The number of rotatable bonds is 3. The molecular formula is C8H19ClN2O. The SMILES string of the molecule is CCC(C)NC(=O)C(C)(C)N.Cl. The number of amides is 1. The monoisotopic (exact) mass is 194 g/mol. The van der Waals surface area contributed by atoms with Crippen LogP contribution in [0.1, 0.15) is 34.1 Å². The molecule has 0 rings (SSSR count). The molecule has 0 aliphatic heterocycles. The minimum atomic E-state index is -0.760. The Kier molecular flexibility index (Phi) is 6.39. The zero-order chi connectivity index (χ0) is 9.07. The highest BCUT2D eigenvalue weighted by Gasteiger charge is 2.22. The molecule has 12 heavy (non-hydrogen) atoms. The summed E-state index contributed by atoms with van der Waals surface area (Å²) in [5.74, 6) is -0.0909. The minimum absolute atomic E-state index is 0. The van der Waals surface area contributed by atoms with Crippen LogP contribution in [-0.4, -0.2) is 17.5 Å². The van der Waals surface area contributed by atoms with Crippen molar-refractivity contribution < 1.29 is 4.79 Å². The predicted molar refractivity (Wildman–Crippen MR) is 53.4 cm³/mol. The first-order chi connectivity index (χ1) is 4.88. The highest BCUT2D eigenvalue weighted by molar-refractivity contribution is 5.85. The fraction of sp³-hybridized carbons (Fsp3) is 0.875. The van der Waals surface area contributed by atoms with Gasteiger partial charge in [0, 0.05) is 6.04 Å². The van der Waals surface area contributed by atoms with Gasteiger partial charge in [-0.1, -0.05) is 6.92 Å². The van der Waals surface area contributed by atoms with Crippen LogP contribution >= 0.6 is 12.4 Å². The number of hydrogen-bond acceptors (Lipinski definition) is 2. The standard InChI is InChI=1S/C8H18N2O.ClH/c1-5-6(2)10-7(11)8(3,4)9;/h6H,5,9H2,1-4H3,(H,10,11);1H. The molecule has 0 aromatic heterocycles. The summed E-state index contributed by atoms with van der Waals surface area (Å²) in [6, 6.07) is 0.213. The molecule has 74 valence electrons. The Morgan fingerprint density at radius 1 is 1.58 bits per heavy atom. The molecule has 3 nitrogen and oxygen atoms in total. The van der Waals surface area contributed by atoms with Gasteiger partial charge in [-0.15, -0.1) is 12.4 Å². The van der Waals surface area contributed by atoms with Gasteiger partial charge in [0.1, 0.15) is 0 Å². The van der Waals surface area contributed by atoms with Crippen molar-refractivity contribution in [3.05, 3.63) is 0 Å². The Morgan fingerprint density at radius 3 is 2.25 bits per heavy atom. The van der Waals surface area contributed by atoms with E-state index < -0.39 is 5.54 Å². The Bertz CT molecular complexity index is 142. The molecule has 0 aliphatic rings. The molecule has 1 atom stereocenters. The highest BCUT2D eigenvalue weighted by atomic mass is 35.5. The van der Waals surface area contributed by atoms with Crippen LogP contribution in [-0.2, 0) is 4.79 Å². The van der Waals surface area contributed by atoms with Crippen LogP contribution in [0.15, 0.2) is 0 Å². The smallest absolute Gasteiger partial charge is 0.239 e. The van der Waals surface area contributed by atoms with E-state index in [-0.39, 0.29) is 24.4 Å². The molecule has 0 saturated heterocycles. The second kappa shape index (κ2) is 5.38. The second-order valence-electron chi connectivity index (χ2n) is 3.50. The molecule has 0 spiro atoms. The molecular weight excluding hydrogens is 176 g/mol. The minimum Gasteiger partial charge on any atom is -0.352 e. The van der Waals surface area contributed by atoms with Crippen molar-refractivity contribution in [1.82, 2.24) is 5.32 Å². The van der Waals surface area contributed by atoms with E-state index in [1.807, 2.05) is 13.8 Å². The number of nitrogens with two attached hydrogens (primary N) is 1. The van der Waals surface area contributed by atoms with Crippen molar-refractivity contribution in [3.63, 3.8) is 0 Å². The topological polar surface area (TPSA) is 55.1 Å². The molecule has 3 N–H and O–H groups in total. The summed E-state index contributed by atoms with van der Waals surface area (Å²) in [6.07, 6.45) is 0.932. The maximum Gasteiger partial charge on any atom is 0.239 e. The molecule has 0 aliphatic carbocycles. The van der Waals surface area contributed by atoms with E-state index in [9.17, 15) is 4.79 Å². The van der Waals surface area contributed by atoms with Gasteiger partial charge in [0.15, 0.2) is 0 Å². The van der Waals surface area contributed by atoms with Crippen molar-refractivity contribution in [1.29, 1.82) is 0 Å². The maximum atomic E-state index is 11.2. The molecule has 0 aromatic rings. The van der Waals surface area contributed by atoms with Crippen LogP contribution in [0.2, 0.25) is 0 Å². The Labute approximate surface area is 80.5 Å². The van der Waals surface area contributed by atoms with E-state index >= 15 is 0 Å². The third-order valence-electron chi connectivity index (χ3n) is 1.58. The van der Waals surface area contributed by atoms with Gasteiger partial charge in [-0.25, -0.2) is 0 Å². The Hall–Kier alpha value is -0.280. The normalized spacial score (nSPS) is 13.1. The van der Waals surface area contributed by atoms with Gasteiger partial charge in [-0.05, 0) is 27.2 Å². The van der Waals surface area contributed by atoms with Crippen LogP contribution in [0, 0.1) is 0 Å². The second-order valence-corrected chi connectivity index (χ2v) is 3.50. The zero-order valence-corrected chi connectivity index (χ0v) is 8.99. The Morgan fingerprint density at radius 2 is 2.00 bits per heavy atom. The van der Waals surface area contributed by atoms with Gasteiger partial charge in [-0.3, -0.25) is 4.79 Å². The first-order valence-electron chi connectivity index (χ1n) is 3.97. The van der Waals surface area contributed by atoms with Crippen LogP contribution in [0.25, 0.3) is 0 Å². The molecule has 0 fully saturated rings. The Balaban J connectivity index is 0. The van der Waals surface area contributed by atoms with Gasteiger partial charge in [0.25, 0.3) is 0 Å². The van der Waals surface area contributed by atoms with E-state index in [0.717, 1.165) is 6.42 Å². The van der Waals surface area contributed by atoms with Gasteiger partial charge in [0.05, 0.1) is 5.54 Å². The van der Waals surface area contributed by atoms with Crippen molar-refractivity contribution in [3.8, 4) is 0 Å². The number of hydrogen-bond donors (Lipinski definition) is 2. The number of carbonyl (C=O) groups is 1. The van der Waals surface area contributed by atoms with E-state index in [4.69, 9.17) is 5.73 Å². The lowest BCUT2D eigenvalue weighted by molar-refractivity contribution is -0.125. The predicted octanol–water partition coefficient (Wildman–Crippen LogP) is 1.06. The van der Waals surface area contributed by atoms with Crippen molar-refractivity contribution in [2.24, 2.45) is 5.73 Å². The average molecular weight is 195 g/mol. The zero-order valence-electron chi connectivity index (χ0n) is 8.18. The molecule has 0 radical (unpaired) electrons. The van der Waals surface area contributed by atoms with Crippen LogP contribution in [0.4, 0.5) is 0 Å². The number of halogens is 1. The first-order valence-corrected chi connectivity index (χ1v) is 3.97. The highest BCUT2D eigenvalue weighted by Crippen LogP contribution is 1.98. The molecule has 1 unspecified atom stereocenters.